The molecule has 11 heteroatoms. The monoisotopic (exact) mass is 427 g/mol. The second-order valence-electron chi connectivity index (χ2n) is 6.01. The molecule has 0 spiro atoms. The van der Waals surface area contributed by atoms with Crippen LogP contribution in [0.25, 0.3) is 11.4 Å². The van der Waals surface area contributed by atoms with Gasteiger partial charge in [-0.1, -0.05) is 17.7 Å². The fraction of sp³-hybridized carbons (Fsp3) is 0.167. The van der Waals surface area contributed by atoms with Crippen LogP contribution in [0.4, 0.5) is 29.2 Å². The number of alkyl halides is 3. The largest absolute Gasteiger partial charge is 0.405 e. The SMILES string of the molecule is Cn1nc(-c2ccc(C(=O)NCC(F)(F)F)c(F)c2)nc1Nc1ccc(Cl)cc1. The lowest BCUT2D eigenvalue weighted by Gasteiger charge is -2.09. The molecule has 0 radical (unpaired) electrons. The van der Waals surface area contributed by atoms with Crippen molar-refractivity contribution < 1.29 is 22.4 Å². The zero-order valence-corrected chi connectivity index (χ0v) is 15.6. The van der Waals surface area contributed by atoms with E-state index < -0.39 is 30.0 Å². The number of nitrogens with one attached hydrogen (secondary N) is 2. The number of carbonyl (C=O) groups is 1. The van der Waals surface area contributed by atoms with E-state index in [1.54, 1.807) is 36.6 Å². The van der Waals surface area contributed by atoms with Crippen molar-refractivity contribution >= 4 is 29.1 Å². The van der Waals surface area contributed by atoms with E-state index in [9.17, 15) is 22.4 Å². The van der Waals surface area contributed by atoms with Crippen LogP contribution in [0.1, 0.15) is 10.4 Å². The Morgan fingerprint density at radius 1 is 1.17 bits per heavy atom. The summed E-state index contributed by atoms with van der Waals surface area (Å²) in [4.78, 5) is 16.0. The fourth-order valence-electron chi connectivity index (χ4n) is 2.39. The van der Waals surface area contributed by atoms with Crippen molar-refractivity contribution in [2.24, 2.45) is 7.05 Å². The number of halogens is 5. The maximum absolute atomic E-state index is 14.3. The molecule has 1 heterocycles. The predicted molar refractivity (Wildman–Crippen MR) is 99.5 cm³/mol. The Morgan fingerprint density at radius 3 is 2.48 bits per heavy atom. The van der Waals surface area contributed by atoms with Gasteiger partial charge in [-0.25, -0.2) is 9.07 Å². The first-order valence-electron chi connectivity index (χ1n) is 8.21. The van der Waals surface area contributed by atoms with Gasteiger partial charge in [0.15, 0.2) is 5.82 Å². The van der Waals surface area contributed by atoms with Crippen LogP contribution in [0, 0.1) is 5.82 Å². The second-order valence-corrected chi connectivity index (χ2v) is 6.44. The van der Waals surface area contributed by atoms with Crippen molar-refractivity contribution in [2.45, 2.75) is 6.18 Å². The number of aromatic nitrogens is 3. The highest BCUT2D eigenvalue weighted by Crippen LogP contribution is 2.23. The van der Waals surface area contributed by atoms with Crippen molar-refractivity contribution in [1.82, 2.24) is 20.1 Å². The molecule has 0 aliphatic heterocycles. The Labute approximate surface area is 167 Å². The number of nitrogens with zero attached hydrogens (tertiary/aromatic N) is 3. The van der Waals surface area contributed by atoms with Gasteiger partial charge in [-0.2, -0.15) is 18.2 Å². The number of rotatable bonds is 5. The van der Waals surface area contributed by atoms with Gasteiger partial charge in [-0.05, 0) is 36.4 Å². The van der Waals surface area contributed by atoms with Crippen LogP contribution in [0.2, 0.25) is 5.02 Å². The van der Waals surface area contributed by atoms with Gasteiger partial charge >= 0.3 is 6.18 Å². The maximum Gasteiger partial charge on any atom is 0.405 e. The summed E-state index contributed by atoms with van der Waals surface area (Å²) in [5.74, 6) is -1.60. The normalized spacial score (nSPS) is 11.4. The Morgan fingerprint density at radius 2 is 1.86 bits per heavy atom. The molecule has 0 unspecified atom stereocenters. The molecule has 6 nitrogen and oxygen atoms in total. The Balaban J connectivity index is 1.78. The Kier molecular flexibility index (Phi) is 5.73. The van der Waals surface area contributed by atoms with Crippen molar-refractivity contribution in [2.75, 3.05) is 11.9 Å². The van der Waals surface area contributed by atoms with Gasteiger partial charge in [0, 0.05) is 23.3 Å². The van der Waals surface area contributed by atoms with Gasteiger partial charge in [-0.15, -0.1) is 5.10 Å². The molecule has 0 saturated carbocycles. The van der Waals surface area contributed by atoms with E-state index >= 15 is 0 Å². The minimum atomic E-state index is -4.59. The van der Waals surface area contributed by atoms with Crippen molar-refractivity contribution in [3.05, 3.63) is 58.9 Å². The molecular weight excluding hydrogens is 414 g/mol. The van der Waals surface area contributed by atoms with Gasteiger partial charge in [0.25, 0.3) is 5.91 Å². The van der Waals surface area contributed by atoms with E-state index in [0.717, 1.165) is 12.1 Å². The molecule has 0 bridgehead atoms. The van der Waals surface area contributed by atoms with Crippen molar-refractivity contribution in [3.8, 4) is 11.4 Å². The highest BCUT2D eigenvalue weighted by molar-refractivity contribution is 6.30. The Hall–Kier alpha value is -3.14. The minimum Gasteiger partial charge on any atom is -0.343 e. The van der Waals surface area contributed by atoms with E-state index in [0.29, 0.717) is 16.7 Å². The molecule has 3 aromatic rings. The first-order chi connectivity index (χ1) is 13.6. The van der Waals surface area contributed by atoms with Crippen molar-refractivity contribution in [1.29, 1.82) is 0 Å². The third kappa shape index (κ3) is 5.23. The molecule has 152 valence electrons. The van der Waals surface area contributed by atoms with Crippen LogP contribution >= 0.6 is 11.6 Å². The summed E-state index contributed by atoms with van der Waals surface area (Å²) in [5, 5.41) is 9.41. The molecule has 2 N–H and O–H groups in total. The highest BCUT2D eigenvalue weighted by atomic mass is 35.5. The van der Waals surface area contributed by atoms with Crippen LogP contribution in [0.15, 0.2) is 42.5 Å². The average molecular weight is 428 g/mol. The zero-order valence-electron chi connectivity index (χ0n) is 14.9. The average Bonchev–Trinajstić information content (AvgIpc) is 3.01. The smallest absolute Gasteiger partial charge is 0.343 e. The predicted octanol–water partition coefficient (Wildman–Crippen LogP) is 4.31. The van der Waals surface area contributed by atoms with Crippen LogP contribution < -0.4 is 10.6 Å². The Bertz CT molecular complexity index is 1030. The maximum atomic E-state index is 14.3. The summed E-state index contributed by atoms with van der Waals surface area (Å²) < 4.78 is 52.3. The summed E-state index contributed by atoms with van der Waals surface area (Å²) in [6, 6.07) is 10.3. The number of benzene rings is 2. The molecular formula is C18H14ClF4N5O. The number of carbonyl (C=O) groups excluding carboxylic acids is 1. The molecule has 0 atom stereocenters. The highest BCUT2D eigenvalue weighted by Gasteiger charge is 2.28. The van der Waals surface area contributed by atoms with Gasteiger partial charge in [0.05, 0.1) is 5.56 Å². The van der Waals surface area contributed by atoms with Gasteiger partial charge < -0.3 is 10.6 Å². The van der Waals surface area contributed by atoms with E-state index in [2.05, 4.69) is 15.4 Å². The number of aryl methyl sites for hydroxylation is 1. The van der Waals surface area contributed by atoms with Crippen LogP contribution in [-0.2, 0) is 7.05 Å². The van der Waals surface area contributed by atoms with E-state index in [1.807, 2.05) is 0 Å². The number of amides is 1. The second kappa shape index (κ2) is 8.08. The van der Waals surface area contributed by atoms with Crippen LogP contribution in [0.3, 0.4) is 0 Å². The summed E-state index contributed by atoms with van der Waals surface area (Å²) >= 11 is 5.84. The third-order valence-electron chi connectivity index (χ3n) is 3.78. The molecule has 0 aliphatic rings. The minimum absolute atomic E-state index is 0.171. The molecule has 1 aromatic heterocycles. The summed E-state index contributed by atoms with van der Waals surface area (Å²) in [6.45, 7) is -1.55. The first-order valence-corrected chi connectivity index (χ1v) is 8.59. The standard InChI is InChI=1S/C18H14ClF4N5O/c1-28-17(25-12-5-3-11(19)4-6-12)26-15(27-28)10-2-7-13(14(20)8-10)16(29)24-9-18(21,22)23/h2-8H,9H2,1H3,(H,24,29)(H,25,26,27). The third-order valence-corrected chi connectivity index (χ3v) is 4.04. The topological polar surface area (TPSA) is 71.8 Å². The van der Waals surface area contributed by atoms with Crippen LogP contribution in [0.5, 0.6) is 0 Å². The lowest BCUT2D eigenvalue weighted by molar-refractivity contribution is -0.123. The first kappa shape index (κ1) is 20.6. The molecule has 0 fully saturated rings. The quantitative estimate of drug-likeness (QED) is 0.595. The molecule has 29 heavy (non-hydrogen) atoms. The molecule has 0 aliphatic carbocycles. The summed E-state index contributed by atoms with van der Waals surface area (Å²) in [5.41, 5.74) is 0.461. The molecule has 3 rings (SSSR count). The molecule has 2 aromatic carbocycles. The van der Waals surface area contributed by atoms with E-state index in [-0.39, 0.29) is 11.4 Å². The lowest BCUT2D eigenvalue weighted by atomic mass is 10.1. The van der Waals surface area contributed by atoms with Gasteiger partial charge in [0.2, 0.25) is 5.95 Å². The molecule has 0 saturated heterocycles. The van der Waals surface area contributed by atoms with Crippen molar-refractivity contribution in [3.63, 3.8) is 0 Å². The van der Waals surface area contributed by atoms with E-state index in [4.69, 9.17) is 11.6 Å². The summed E-state index contributed by atoms with van der Waals surface area (Å²) in [7, 11) is 1.63. The molecule has 1 amide bonds. The number of hydrogen-bond donors (Lipinski definition) is 2. The fourth-order valence-corrected chi connectivity index (χ4v) is 2.52. The van der Waals surface area contributed by atoms with Crippen LogP contribution in [-0.4, -0.2) is 33.4 Å². The number of hydrogen-bond acceptors (Lipinski definition) is 4. The van der Waals surface area contributed by atoms with E-state index in [1.165, 1.54) is 10.7 Å². The number of anilines is 2. The van der Waals surface area contributed by atoms with Gasteiger partial charge in [0.1, 0.15) is 12.4 Å². The summed E-state index contributed by atoms with van der Waals surface area (Å²) in [6.07, 6.45) is -4.59. The lowest BCUT2D eigenvalue weighted by Crippen LogP contribution is -2.34. The zero-order chi connectivity index (χ0) is 21.2. The van der Waals surface area contributed by atoms with Gasteiger partial charge in [-0.3, -0.25) is 4.79 Å².